The highest BCUT2D eigenvalue weighted by Crippen LogP contribution is 2.66. The molecule has 1 aliphatic heterocycles. The number of piperidine rings is 1. The van der Waals surface area contributed by atoms with Crippen molar-refractivity contribution in [1.82, 2.24) is 10.2 Å². The summed E-state index contributed by atoms with van der Waals surface area (Å²) >= 11 is 0. The molecule has 3 aliphatic carbocycles. The molecule has 0 aromatic carbocycles. The van der Waals surface area contributed by atoms with E-state index < -0.39 is 0 Å². The van der Waals surface area contributed by atoms with Gasteiger partial charge in [-0.2, -0.15) is 0 Å². The number of carbonyl (C=O) groups excluding carboxylic acids is 2. The van der Waals surface area contributed by atoms with Crippen molar-refractivity contribution in [3.05, 3.63) is 0 Å². The van der Waals surface area contributed by atoms with E-state index >= 15 is 0 Å². The van der Waals surface area contributed by atoms with E-state index in [0.29, 0.717) is 23.8 Å². The standard InChI is InChI=1S/C28H48N2O2/c1-5-6-7-8-9-10-19-29-26(32)23-13-12-21-20-11-14-24-28(3,18-16-25(31)30(24)4)22(20)15-17-27(21,23)2/h20-24H,5-19H2,1-4H3,(H,29,32). The van der Waals surface area contributed by atoms with Gasteiger partial charge in [0, 0.05) is 32.0 Å². The number of nitrogens with zero attached hydrogens (tertiary/aromatic N) is 1. The first-order valence-corrected chi connectivity index (χ1v) is 13.9. The fourth-order valence-corrected chi connectivity index (χ4v) is 8.82. The average molecular weight is 445 g/mol. The SMILES string of the molecule is CCCCCCCCNC(=O)C1CCC2C3CCC4N(C)C(=O)CCC4(C)C3CCC12C. The van der Waals surface area contributed by atoms with Crippen molar-refractivity contribution in [2.45, 2.75) is 117 Å². The lowest BCUT2D eigenvalue weighted by atomic mass is 9.47. The monoisotopic (exact) mass is 444 g/mol. The molecule has 0 aromatic rings. The second kappa shape index (κ2) is 9.66. The van der Waals surface area contributed by atoms with Crippen LogP contribution in [0.15, 0.2) is 0 Å². The van der Waals surface area contributed by atoms with Crippen LogP contribution in [0.5, 0.6) is 0 Å². The summed E-state index contributed by atoms with van der Waals surface area (Å²) in [7, 11) is 2.04. The summed E-state index contributed by atoms with van der Waals surface area (Å²) in [5.41, 5.74) is 0.441. The average Bonchev–Trinajstić information content (AvgIpc) is 3.13. The van der Waals surface area contributed by atoms with Crippen molar-refractivity contribution < 1.29 is 9.59 Å². The van der Waals surface area contributed by atoms with E-state index in [0.717, 1.165) is 50.5 Å². The molecule has 7 unspecified atom stereocenters. The van der Waals surface area contributed by atoms with Crippen LogP contribution in [0.4, 0.5) is 0 Å². The summed E-state index contributed by atoms with van der Waals surface area (Å²) in [5.74, 6) is 3.04. The van der Waals surface area contributed by atoms with Crippen LogP contribution in [-0.2, 0) is 9.59 Å². The number of hydrogen-bond acceptors (Lipinski definition) is 2. The normalized spacial score (nSPS) is 41.1. The van der Waals surface area contributed by atoms with Gasteiger partial charge in [-0.05, 0) is 80.0 Å². The van der Waals surface area contributed by atoms with Gasteiger partial charge in [-0.3, -0.25) is 9.59 Å². The third-order valence-corrected chi connectivity index (χ3v) is 10.7. The van der Waals surface area contributed by atoms with Crippen LogP contribution >= 0.6 is 0 Å². The third kappa shape index (κ3) is 4.13. The summed E-state index contributed by atoms with van der Waals surface area (Å²) in [6.45, 7) is 8.04. The van der Waals surface area contributed by atoms with Crippen molar-refractivity contribution in [2.24, 2.45) is 34.5 Å². The fourth-order valence-electron chi connectivity index (χ4n) is 8.82. The van der Waals surface area contributed by atoms with Gasteiger partial charge in [0.1, 0.15) is 0 Å². The summed E-state index contributed by atoms with van der Waals surface area (Å²) in [6, 6.07) is 0.423. The number of hydrogen-bond donors (Lipinski definition) is 1. The van der Waals surface area contributed by atoms with Crippen molar-refractivity contribution in [3.63, 3.8) is 0 Å². The smallest absolute Gasteiger partial charge is 0.223 e. The maximum Gasteiger partial charge on any atom is 0.223 e. The minimum atomic E-state index is 0.173. The number of unbranched alkanes of at least 4 members (excludes halogenated alkanes) is 5. The van der Waals surface area contributed by atoms with Crippen molar-refractivity contribution in [3.8, 4) is 0 Å². The van der Waals surface area contributed by atoms with E-state index in [1.807, 2.05) is 7.05 Å². The molecule has 182 valence electrons. The number of carbonyl (C=O) groups is 2. The molecule has 32 heavy (non-hydrogen) atoms. The molecule has 4 heteroatoms. The molecule has 4 fully saturated rings. The van der Waals surface area contributed by atoms with E-state index in [4.69, 9.17) is 0 Å². The van der Waals surface area contributed by atoms with Gasteiger partial charge in [0.15, 0.2) is 0 Å². The first-order valence-electron chi connectivity index (χ1n) is 13.9. The van der Waals surface area contributed by atoms with Gasteiger partial charge in [0.05, 0.1) is 0 Å². The summed E-state index contributed by atoms with van der Waals surface area (Å²) < 4.78 is 0. The molecule has 7 atom stereocenters. The molecule has 1 heterocycles. The molecule has 0 aromatic heterocycles. The minimum Gasteiger partial charge on any atom is -0.356 e. The van der Waals surface area contributed by atoms with Crippen LogP contribution in [-0.4, -0.2) is 36.3 Å². The number of rotatable bonds is 8. The van der Waals surface area contributed by atoms with Gasteiger partial charge in [-0.25, -0.2) is 0 Å². The molecule has 2 amide bonds. The highest BCUT2D eigenvalue weighted by molar-refractivity contribution is 5.80. The predicted octanol–water partition coefficient (Wildman–Crippen LogP) is 5.94. The van der Waals surface area contributed by atoms with Crippen molar-refractivity contribution in [2.75, 3.05) is 13.6 Å². The number of nitrogens with one attached hydrogen (secondary N) is 1. The number of fused-ring (bicyclic) bond motifs is 5. The summed E-state index contributed by atoms with van der Waals surface area (Å²) in [6.07, 6.45) is 16.5. The maximum absolute atomic E-state index is 13.2. The topological polar surface area (TPSA) is 49.4 Å². The molecule has 4 aliphatic rings. The predicted molar refractivity (Wildman–Crippen MR) is 130 cm³/mol. The largest absolute Gasteiger partial charge is 0.356 e. The van der Waals surface area contributed by atoms with Gasteiger partial charge >= 0.3 is 0 Å². The van der Waals surface area contributed by atoms with Crippen LogP contribution in [0.1, 0.15) is 111 Å². The van der Waals surface area contributed by atoms with Gasteiger partial charge < -0.3 is 10.2 Å². The zero-order valence-electron chi connectivity index (χ0n) is 21.3. The Morgan fingerprint density at radius 3 is 2.44 bits per heavy atom. The molecular formula is C28H48N2O2. The van der Waals surface area contributed by atoms with E-state index in [2.05, 4.69) is 31.0 Å². The Bertz CT molecular complexity index is 693. The first-order chi connectivity index (χ1) is 15.3. The lowest BCUT2D eigenvalue weighted by Crippen LogP contribution is -2.61. The molecule has 4 nitrogen and oxygen atoms in total. The van der Waals surface area contributed by atoms with Crippen LogP contribution in [0, 0.1) is 34.5 Å². The van der Waals surface area contributed by atoms with Crippen molar-refractivity contribution in [1.29, 1.82) is 0 Å². The maximum atomic E-state index is 13.2. The number of amides is 2. The van der Waals surface area contributed by atoms with Gasteiger partial charge in [-0.1, -0.05) is 52.9 Å². The second-order valence-corrected chi connectivity index (χ2v) is 12.2. The molecular weight excluding hydrogens is 396 g/mol. The Hall–Kier alpha value is -1.06. The first kappa shape index (κ1) is 24.1. The van der Waals surface area contributed by atoms with Crippen LogP contribution in [0.25, 0.3) is 0 Å². The van der Waals surface area contributed by atoms with Crippen LogP contribution in [0.3, 0.4) is 0 Å². The molecule has 1 saturated heterocycles. The van der Waals surface area contributed by atoms with Gasteiger partial charge in [-0.15, -0.1) is 0 Å². The van der Waals surface area contributed by atoms with Gasteiger partial charge in [0.2, 0.25) is 11.8 Å². The van der Waals surface area contributed by atoms with Crippen LogP contribution < -0.4 is 5.32 Å². The molecule has 4 rings (SSSR count). The van der Waals surface area contributed by atoms with E-state index in [9.17, 15) is 9.59 Å². The van der Waals surface area contributed by atoms with E-state index in [1.54, 1.807) is 0 Å². The molecule has 1 N–H and O–H groups in total. The lowest BCUT2D eigenvalue weighted by Gasteiger charge is -2.61. The molecule has 3 saturated carbocycles. The van der Waals surface area contributed by atoms with Crippen molar-refractivity contribution >= 4 is 11.8 Å². The highest BCUT2D eigenvalue weighted by atomic mass is 16.2. The Morgan fingerprint density at radius 2 is 1.66 bits per heavy atom. The van der Waals surface area contributed by atoms with E-state index in [-0.39, 0.29) is 16.7 Å². The zero-order chi connectivity index (χ0) is 22.9. The summed E-state index contributed by atoms with van der Waals surface area (Å²) in [5, 5.41) is 3.33. The molecule has 0 spiro atoms. The Morgan fingerprint density at radius 1 is 0.938 bits per heavy atom. The van der Waals surface area contributed by atoms with Crippen LogP contribution in [0.2, 0.25) is 0 Å². The second-order valence-electron chi connectivity index (χ2n) is 12.2. The lowest BCUT2D eigenvalue weighted by molar-refractivity contribution is -0.159. The minimum absolute atomic E-state index is 0.173. The Kier molecular flexibility index (Phi) is 7.27. The van der Waals surface area contributed by atoms with E-state index in [1.165, 1.54) is 57.8 Å². The van der Waals surface area contributed by atoms with Gasteiger partial charge in [0.25, 0.3) is 0 Å². The molecule has 0 radical (unpaired) electrons. The third-order valence-electron chi connectivity index (χ3n) is 10.7. The Balaban J connectivity index is 1.36. The zero-order valence-corrected chi connectivity index (χ0v) is 21.3. The Labute approximate surface area is 196 Å². The molecule has 0 bridgehead atoms. The number of likely N-dealkylation sites (tertiary alicyclic amines) is 1. The fraction of sp³-hybridized carbons (Fsp3) is 0.929. The quantitative estimate of drug-likeness (QED) is 0.471. The highest BCUT2D eigenvalue weighted by Gasteiger charge is 2.62. The summed E-state index contributed by atoms with van der Waals surface area (Å²) in [4.78, 5) is 27.7.